The number of carbonyl (C=O) groups excluding carboxylic acids is 1. The maximum Gasteiger partial charge on any atom is 0.212 e. The van der Waals surface area contributed by atoms with Crippen LogP contribution in [0, 0.1) is 6.92 Å². The van der Waals surface area contributed by atoms with Crippen molar-refractivity contribution in [3.05, 3.63) is 22.3 Å². The number of halogens is 1. The van der Waals surface area contributed by atoms with Crippen molar-refractivity contribution in [2.45, 2.75) is 40.0 Å². The third-order valence-electron chi connectivity index (χ3n) is 1.95. The van der Waals surface area contributed by atoms with Crippen molar-refractivity contribution in [1.82, 2.24) is 4.98 Å². The number of amides is 1. The zero-order valence-electron chi connectivity index (χ0n) is 10.1. The molecule has 0 aliphatic heterocycles. The predicted molar refractivity (Wildman–Crippen MR) is 71.6 cm³/mol. The first kappa shape index (κ1) is 15.1. The van der Waals surface area contributed by atoms with E-state index in [2.05, 4.69) is 40.1 Å². The lowest BCUT2D eigenvalue weighted by atomic mass is 10.3. The van der Waals surface area contributed by atoms with Crippen molar-refractivity contribution < 1.29 is 4.79 Å². The molecule has 1 aromatic rings. The average molecular weight is 287 g/mol. The molecule has 0 radical (unpaired) electrons. The highest BCUT2D eigenvalue weighted by molar-refractivity contribution is 9.10. The SMILES string of the molecule is CCCCC.Cc1cc(Br)cnc1NC=O. The number of anilines is 1. The first-order valence-electron chi connectivity index (χ1n) is 5.48. The summed E-state index contributed by atoms with van der Waals surface area (Å²) in [6.07, 6.45) is 6.33. The van der Waals surface area contributed by atoms with E-state index in [0.29, 0.717) is 12.2 Å². The Balaban J connectivity index is 0.000000385. The Hall–Kier alpha value is -0.900. The molecule has 4 heteroatoms. The van der Waals surface area contributed by atoms with Crippen LogP contribution in [0.2, 0.25) is 0 Å². The van der Waals surface area contributed by atoms with Crippen molar-refractivity contribution in [1.29, 1.82) is 0 Å². The van der Waals surface area contributed by atoms with E-state index in [1.807, 2.05) is 13.0 Å². The molecule has 0 unspecified atom stereocenters. The van der Waals surface area contributed by atoms with Gasteiger partial charge in [0.2, 0.25) is 6.41 Å². The van der Waals surface area contributed by atoms with E-state index in [0.717, 1.165) is 10.0 Å². The lowest BCUT2D eigenvalue weighted by Gasteiger charge is -2.01. The summed E-state index contributed by atoms with van der Waals surface area (Å²) >= 11 is 3.27. The lowest BCUT2D eigenvalue weighted by Crippen LogP contribution is -1.98. The topological polar surface area (TPSA) is 42.0 Å². The first-order valence-corrected chi connectivity index (χ1v) is 6.27. The quantitative estimate of drug-likeness (QED) is 0.853. The molecule has 1 N–H and O–H groups in total. The Kier molecular flexibility index (Phi) is 8.81. The molecule has 0 spiro atoms. The minimum atomic E-state index is 0.600. The monoisotopic (exact) mass is 286 g/mol. The number of aromatic nitrogens is 1. The summed E-state index contributed by atoms with van der Waals surface area (Å²) in [6.45, 7) is 6.30. The molecule has 1 aromatic heterocycles. The molecule has 0 aliphatic carbocycles. The largest absolute Gasteiger partial charge is 0.313 e. The molecule has 1 rings (SSSR count). The van der Waals surface area contributed by atoms with Gasteiger partial charge in [0, 0.05) is 10.7 Å². The van der Waals surface area contributed by atoms with E-state index in [9.17, 15) is 4.79 Å². The number of unbranched alkanes of at least 4 members (excludes halogenated alkanes) is 2. The highest BCUT2D eigenvalue weighted by Crippen LogP contribution is 2.15. The van der Waals surface area contributed by atoms with Crippen molar-refractivity contribution in [3.8, 4) is 0 Å². The molecule has 0 aliphatic rings. The molecule has 0 aromatic carbocycles. The van der Waals surface area contributed by atoms with Gasteiger partial charge in [-0.3, -0.25) is 4.79 Å². The van der Waals surface area contributed by atoms with E-state index in [4.69, 9.17) is 0 Å². The highest BCUT2D eigenvalue weighted by Gasteiger charge is 1.97. The molecule has 1 amide bonds. The van der Waals surface area contributed by atoms with Gasteiger partial charge in [0.05, 0.1) is 0 Å². The van der Waals surface area contributed by atoms with Gasteiger partial charge in [-0.1, -0.05) is 33.1 Å². The molecule has 1 heterocycles. The molecular weight excluding hydrogens is 268 g/mol. The third kappa shape index (κ3) is 6.56. The second-order valence-corrected chi connectivity index (χ2v) is 4.35. The number of hydrogen-bond donors (Lipinski definition) is 1. The Labute approximate surface area is 106 Å². The zero-order valence-corrected chi connectivity index (χ0v) is 11.7. The van der Waals surface area contributed by atoms with Crippen LogP contribution in [-0.4, -0.2) is 11.4 Å². The molecule has 0 saturated heterocycles. The molecule has 0 bridgehead atoms. The Bertz CT molecular complexity index is 314. The second-order valence-electron chi connectivity index (χ2n) is 3.43. The Morgan fingerprint density at radius 1 is 1.44 bits per heavy atom. The number of pyridine rings is 1. The van der Waals surface area contributed by atoms with Crippen LogP contribution in [0.25, 0.3) is 0 Å². The molecule has 0 atom stereocenters. The first-order chi connectivity index (χ1) is 7.65. The van der Waals surface area contributed by atoms with Gasteiger partial charge in [-0.25, -0.2) is 4.98 Å². The van der Waals surface area contributed by atoms with Gasteiger partial charge in [0.25, 0.3) is 0 Å². The Morgan fingerprint density at radius 3 is 2.44 bits per heavy atom. The van der Waals surface area contributed by atoms with E-state index >= 15 is 0 Å². The molecule has 3 nitrogen and oxygen atoms in total. The number of rotatable bonds is 4. The molecule has 90 valence electrons. The summed E-state index contributed by atoms with van der Waals surface area (Å²) in [5.41, 5.74) is 0.937. The summed E-state index contributed by atoms with van der Waals surface area (Å²) in [5, 5.41) is 2.49. The minimum Gasteiger partial charge on any atom is -0.313 e. The molecule has 0 saturated carbocycles. The van der Waals surface area contributed by atoms with Crippen LogP contribution in [-0.2, 0) is 4.79 Å². The summed E-state index contributed by atoms with van der Waals surface area (Å²) < 4.78 is 0.909. The zero-order chi connectivity index (χ0) is 12.4. The van der Waals surface area contributed by atoms with Crippen LogP contribution >= 0.6 is 15.9 Å². The second kappa shape index (κ2) is 9.33. The summed E-state index contributed by atoms with van der Waals surface area (Å²) in [5.74, 6) is 0.600. The fraction of sp³-hybridized carbons (Fsp3) is 0.500. The summed E-state index contributed by atoms with van der Waals surface area (Å²) in [7, 11) is 0. The Morgan fingerprint density at radius 2 is 2.06 bits per heavy atom. The van der Waals surface area contributed by atoms with Crippen molar-refractivity contribution in [3.63, 3.8) is 0 Å². The summed E-state index contributed by atoms with van der Waals surface area (Å²) in [4.78, 5) is 14.0. The van der Waals surface area contributed by atoms with Gasteiger partial charge in [-0.15, -0.1) is 0 Å². The molecule has 0 fully saturated rings. The van der Waals surface area contributed by atoms with Crippen molar-refractivity contribution >= 4 is 28.2 Å². The predicted octanol–water partition coefficient (Wildman–Crippen LogP) is 3.92. The standard InChI is InChI=1S/C7H7BrN2O.C5H12/c1-5-2-6(8)3-9-7(5)10-4-11;1-3-5-4-2/h2-4H,1H3,(H,9,10,11);3-5H2,1-2H3. The van der Waals surface area contributed by atoms with Crippen LogP contribution in [0.4, 0.5) is 5.82 Å². The van der Waals surface area contributed by atoms with E-state index in [-0.39, 0.29) is 0 Å². The van der Waals surface area contributed by atoms with Gasteiger partial charge < -0.3 is 5.32 Å². The normalized spacial score (nSPS) is 9.00. The van der Waals surface area contributed by atoms with Gasteiger partial charge >= 0.3 is 0 Å². The minimum absolute atomic E-state index is 0.600. The van der Waals surface area contributed by atoms with Crippen LogP contribution in [0.15, 0.2) is 16.7 Å². The average Bonchev–Trinajstić information content (AvgIpc) is 2.24. The number of nitrogens with one attached hydrogen (secondary N) is 1. The number of aryl methyl sites for hydroxylation is 1. The van der Waals surface area contributed by atoms with Crippen molar-refractivity contribution in [2.24, 2.45) is 0 Å². The maximum atomic E-state index is 10.0. The fourth-order valence-electron chi connectivity index (χ4n) is 1.10. The van der Waals surface area contributed by atoms with Gasteiger partial charge in [-0.2, -0.15) is 0 Å². The highest BCUT2D eigenvalue weighted by atomic mass is 79.9. The molecule has 16 heavy (non-hydrogen) atoms. The fourth-order valence-corrected chi connectivity index (χ4v) is 1.55. The summed E-state index contributed by atoms with van der Waals surface area (Å²) in [6, 6.07) is 1.89. The van der Waals surface area contributed by atoms with E-state index in [1.54, 1.807) is 6.20 Å². The van der Waals surface area contributed by atoms with Crippen LogP contribution in [0.5, 0.6) is 0 Å². The van der Waals surface area contributed by atoms with Crippen LogP contribution in [0.1, 0.15) is 38.7 Å². The van der Waals surface area contributed by atoms with E-state index in [1.165, 1.54) is 19.3 Å². The van der Waals surface area contributed by atoms with Crippen molar-refractivity contribution in [2.75, 3.05) is 5.32 Å². The maximum absolute atomic E-state index is 10.0. The van der Waals surface area contributed by atoms with Gasteiger partial charge in [0.1, 0.15) is 5.82 Å². The van der Waals surface area contributed by atoms with Gasteiger partial charge in [-0.05, 0) is 34.5 Å². The lowest BCUT2D eigenvalue weighted by molar-refractivity contribution is -0.105. The van der Waals surface area contributed by atoms with Gasteiger partial charge in [0.15, 0.2) is 0 Å². The van der Waals surface area contributed by atoms with E-state index < -0.39 is 0 Å². The van der Waals surface area contributed by atoms with Crippen LogP contribution < -0.4 is 5.32 Å². The third-order valence-corrected chi connectivity index (χ3v) is 2.38. The number of carbonyl (C=O) groups is 1. The van der Waals surface area contributed by atoms with Crippen LogP contribution in [0.3, 0.4) is 0 Å². The molecular formula is C12H19BrN2O. The smallest absolute Gasteiger partial charge is 0.212 e. The number of hydrogen-bond acceptors (Lipinski definition) is 2. The number of nitrogens with zero attached hydrogens (tertiary/aromatic N) is 1.